The zero-order valence-electron chi connectivity index (χ0n) is 13.9. The van der Waals surface area contributed by atoms with E-state index >= 15 is 0 Å². The summed E-state index contributed by atoms with van der Waals surface area (Å²) in [7, 11) is 0. The van der Waals surface area contributed by atoms with E-state index in [0.29, 0.717) is 41.8 Å². The van der Waals surface area contributed by atoms with Gasteiger partial charge in [0.15, 0.2) is 11.5 Å². The number of para-hydroxylation sites is 1. The van der Waals surface area contributed by atoms with Crippen LogP contribution in [0.25, 0.3) is 0 Å². The molecule has 0 unspecified atom stereocenters. The molecule has 1 amide bonds. The van der Waals surface area contributed by atoms with Crippen LogP contribution in [0.2, 0.25) is 5.02 Å². The molecule has 25 heavy (non-hydrogen) atoms. The average molecular weight is 359 g/mol. The van der Waals surface area contributed by atoms with E-state index in [4.69, 9.17) is 21.1 Å². The number of nitrogens with one attached hydrogen (secondary N) is 1. The highest BCUT2D eigenvalue weighted by Gasteiger charge is 2.33. The van der Waals surface area contributed by atoms with E-state index in [0.717, 1.165) is 17.7 Å². The Morgan fingerprint density at radius 2 is 2.04 bits per heavy atom. The monoisotopic (exact) mass is 358 g/mol. The number of amides is 1. The van der Waals surface area contributed by atoms with E-state index in [9.17, 15) is 4.79 Å². The van der Waals surface area contributed by atoms with Gasteiger partial charge in [-0.1, -0.05) is 30.7 Å². The summed E-state index contributed by atoms with van der Waals surface area (Å²) >= 11 is 6.39. The molecule has 2 aromatic carbocycles. The number of benzene rings is 2. The quantitative estimate of drug-likeness (QED) is 0.897. The molecule has 5 nitrogen and oxygen atoms in total. The van der Waals surface area contributed by atoms with E-state index in [2.05, 4.69) is 12.2 Å². The molecule has 2 aliphatic rings. The molecule has 4 rings (SSSR count). The third-order valence-electron chi connectivity index (χ3n) is 4.42. The fourth-order valence-electron chi connectivity index (χ4n) is 3.32. The first-order valence-electron chi connectivity index (χ1n) is 8.44. The van der Waals surface area contributed by atoms with Crippen LogP contribution in [0.4, 0.5) is 5.69 Å². The molecule has 2 heterocycles. The molecule has 0 spiro atoms. The van der Waals surface area contributed by atoms with Gasteiger partial charge in [0.25, 0.3) is 5.91 Å². The van der Waals surface area contributed by atoms with Crippen molar-refractivity contribution in [2.24, 2.45) is 0 Å². The highest BCUT2D eigenvalue weighted by Crippen LogP contribution is 2.42. The Bertz CT molecular complexity index is 824. The Morgan fingerprint density at radius 3 is 2.88 bits per heavy atom. The molecule has 0 saturated heterocycles. The van der Waals surface area contributed by atoms with Crippen LogP contribution in [-0.4, -0.2) is 30.6 Å². The molecule has 1 atom stereocenters. The lowest BCUT2D eigenvalue weighted by Gasteiger charge is -2.38. The van der Waals surface area contributed by atoms with Gasteiger partial charge in [-0.15, -0.1) is 0 Å². The predicted molar refractivity (Wildman–Crippen MR) is 96.6 cm³/mol. The highest BCUT2D eigenvalue weighted by molar-refractivity contribution is 6.32. The molecule has 2 aliphatic heterocycles. The molecule has 0 aliphatic carbocycles. The van der Waals surface area contributed by atoms with Crippen molar-refractivity contribution >= 4 is 23.2 Å². The van der Waals surface area contributed by atoms with Gasteiger partial charge in [0.2, 0.25) is 0 Å². The van der Waals surface area contributed by atoms with Crippen LogP contribution in [0.15, 0.2) is 36.4 Å². The second-order valence-corrected chi connectivity index (χ2v) is 6.53. The van der Waals surface area contributed by atoms with Gasteiger partial charge < -0.3 is 19.7 Å². The summed E-state index contributed by atoms with van der Waals surface area (Å²) in [4.78, 5) is 14.8. The van der Waals surface area contributed by atoms with Gasteiger partial charge in [0.05, 0.1) is 10.6 Å². The van der Waals surface area contributed by atoms with Crippen LogP contribution in [0, 0.1) is 0 Å². The molecular formula is C19H19ClN2O3. The summed E-state index contributed by atoms with van der Waals surface area (Å²) in [6.45, 7) is 3.69. The standard InChI is InChI=1S/C19H19ClN2O3/c1-2-7-22-18(21-15-6-4-3-5-13(15)19(22)23)12-10-14(20)17-16(11-12)24-8-9-25-17/h3-6,10-11,18,21H,2,7-9H2,1H3/t18-/m0/s1. The average Bonchev–Trinajstić information content (AvgIpc) is 2.64. The van der Waals surface area contributed by atoms with Crippen molar-refractivity contribution in [1.82, 2.24) is 4.90 Å². The van der Waals surface area contributed by atoms with E-state index in [1.807, 2.05) is 41.3 Å². The first-order valence-corrected chi connectivity index (χ1v) is 8.82. The molecule has 0 fully saturated rings. The minimum Gasteiger partial charge on any atom is -0.486 e. The molecule has 130 valence electrons. The fraction of sp³-hybridized carbons (Fsp3) is 0.316. The Morgan fingerprint density at radius 1 is 1.24 bits per heavy atom. The van der Waals surface area contributed by atoms with Gasteiger partial charge in [-0.3, -0.25) is 4.79 Å². The van der Waals surface area contributed by atoms with Crippen LogP contribution in [-0.2, 0) is 0 Å². The minimum absolute atomic E-state index is 0.0206. The largest absolute Gasteiger partial charge is 0.486 e. The number of nitrogens with zero attached hydrogens (tertiary/aromatic N) is 1. The van der Waals surface area contributed by atoms with Crippen molar-refractivity contribution in [2.45, 2.75) is 19.5 Å². The number of hydrogen-bond acceptors (Lipinski definition) is 4. The zero-order valence-corrected chi connectivity index (χ0v) is 14.7. The summed E-state index contributed by atoms with van der Waals surface area (Å²) in [6, 6.07) is 11.3. The zero-order chi connectivity index (χ0) is 17.4. The number of anilines is 1. The molecule has 0 radical (unpaired) electrons. The molecule has 2 aromatic rings. The van der Waals surface area contributed by atoms with Crippen molar-refractivity contribution in [3.63, 3.8) is 0 Å². The number of ether oxygens (including phenoxy) is 2. The number of fused-ring (bicyclic) bond motifs is 2. The maximum Gasteiger partial charge on any atom is 0.257 e. The number of halogens is 1. The third-order valence-corrected chi connectivity index (χ3v) is 4.70. The van der Waals surface area contributed by atoms with Gasteiger partial charge >= 0.3 is 0 Å². The Hall–Kier alpha value is -2.40. The maximum absolute atomic E-state index is 13.0. The van der Waals surface area contributed by atoms with Crippen molar-refractivity contribution in [1.29, 1.82) is 0 Å². The fourth-order valence-corrected chi connectivity index (χ4v) is 3.59. The maximum atomic E-state index is 13.0. The van der Waals surface area contributed by atoms with Gasteiger partial charge in [0, 0.05) is 17.8 Å². The van der Waals surface area contributed by atoms with Gasteiger partial charge in [-0.2, -0.15) is 0 Å². The van der Waals surface area contributed by atoms with Crippen molar-refractivity contribution in [3.05, 3.63) is 52.5 Å². The van der Waals surface area contributed by atoms with Crippen molar-refractivity contribution in [2.75, 3.05) is 25.1 Å². The van der Waals surface area contributed by atoms with E-state index < -0.39 is 0 Å². The van der Waals surface area contributed by atoms with E-state index in [1.54, 1.807) is 0 Å². The van der Waals surface area contributed by atoms with Crippen LogP contribution in [0.1, 0.15) is 35.4 Å². The van der Waals surface area contributed by atoms with Crippen LogP contribution in [0.3, 0.4) is 0 Å². The van der Waals surface area contributed by atoms with Crippen molar-refractivity contribution in [3.8, 4) is 11.5 Å². The number of rotatable bonds is 3. The predicted octanol–water partition coefficient (Wildman–Crippen LogP) is 4.09. The summed E-state index contributed by atoms with van der Waals surface area (Å²) in [5, 5.41) is 3.96. The smallest absolute Gasteiger partial charge is 0.257 e. The molecular weight excluding hydrogens is 340 g/mol. The first kappa shape index (κ1) is 16.1. The summed E-state index contributed by atoms with van der Waals surface area (Å²) < 4.78 is 11.3. The SMILES string of the molecule is CCCN1C(=O)c2ccccc2N[C@@H]1c1cc(Cl)c2c(c1)OCCO2. The Labute approximate surface area is 151 Å². The lowest BCUT2D eigenvalue weighted by atomic mass is 10.0. The van der Waals surface area contributed by atoms with E-state index in [-0.39, 0.29) is 12.1 Å². The lowest BCUT2D eigenvalue weighted by molar-refractivity contribution is 0.0682. The topological polar surface area (TPSA) is 50.8 Å². The third kappa shape index (κ3) is 2.78. The number of carbonyl (C=O) groups excluding carboxylic acids is 1. The van der Waals surface area contributed by atoms with Gasteiger partial charge in [-0.05, 0) is 30.7 Å². The highest BCUT2D eigenvalue weighted by atomic mass is 35.5. The summed E-state index contributed by atoms with van der Waals surface area (Å²) in [5.41, 5.74) is 2.40. The molecule has 1 N–H and O–H groups in total. The second-order valence-electron chi connectivity index (χ2n) is 6.12. The van der Waals surface area contributed by atoms with Gasteiger partial charge in [-0.25, -0.2) is 0 Å². The minimum atomic E-state index is -0.296. The van der Waals surface area contributed by atoms with Crippen molar-refractivity contribution < 1.29 is 14.3 Å². The van der Waals surface area contributed by atoms with Crippen LogP contribution < -0.4 is 14.8 Å². The number of hydrogen-bond donors (Lipinski definition) is 1. The number of carbonyl (C=O) groups is 1. The van der Waals surface area contributed by atoms with Crippen LogP contribution in [0.5, 0.6) is 11.5 Å². The summed E-state index contributed by atoms with van der Waals surface area (Å²) in [5.74, 6) is 1.21. The van der Waals surface area contributed by atoms with Gasteiger partial charge in [0.1, 0.15) is 19.4 Å². The Balaban J connectivity index is 1.78. The first-order chi connectivity index (χ1) is 12.2. The molecule has 6 heteroatoms. The lowest BCUT2D eigenvalue weighted by Crippen LogP contribution is -2.43. The second kappa shape index (κ2) is 6.48. The normalized spacial score (nSPS) is 18.6. The van der Waals surface area contributed by atoms with Crippen LogP contribution >= 0.6 is 11.6 Å². The Kier molecular flexibility index (Phi) is 4.17. The summed E-state index contributed by atoms with van der Waals surface area (Å²) in [6.07, 6.45) is 0.570. The molecule has 0 aromatic heterocycles. The molecule has 0 saturated carbocycles. The van der Waals surface area contributed by atoms with E-state index in [1.165, 1.54) is 0 Å². The molecule has 0 bridgehead atoms.